The van der Waals surface area contributed by atoms with E-state index in [2.05, 4.69) is 15.2 Å². The number of aromatic hydroxyl groups is 1. The van der Waals surface area contributed by atoms with Gasteiger partial charge in [0.25, 0.3) is 0 Å². The van der Waals surface area contributed by atoms with E-state index in [1.54, 1.807) is 16.8 Å². The molecular formula is C19H18ClFN4O. The average molecular weight is 373 g/mol. The lowest BCUT2D eigenvalue weighted by atomic mass is 10.0. The molecule has 0 radical (unpaired) electrons. The largest absolute Gasteiger partial charge is 0.508 e. The Bertz CT molecular complexity index is 943. The number of benzene rings is 2. The fourth-order valence-corrected chi connectivity index (χ4v) is 3.55. The Morgan fingerprint density at radius 1 is 1.08 bits per heavy atom. The zero-order chi connectivity index (χ0) is 18.1. The summed E-state index contributed by atoms with van der Waals surface area (Å²) in [4.78, 5) is 2.32. The molecule has 0 aliphatic carbocycles. The van der Waals surface area contributed by atoms with Crippen molar-refractivity contribution in [2.45, 2.75) is 19.4 Å². The van der Waals surface area contributed by atoms with Crippen LogP contribution in [0.15, 0.2) is 42.6 Å². The van der Waals surface area contributed by atoms with Crippen LogP contribution in [0.3, 0.4) is 0 Å². The highest BCUT2D eigenvalue weighted by atomic mass is 35.5. The summed E-state index contributed by atoms with van der Waals surface area (Å²) in [6.07, 6.45) is 3.65. The van der Waals surface area contributed by atoms with Gasteiger partial charge in [-0.05, 0) is 54.3 Å². The van der Waals surface area contributed by atoms with Crippen LogP contribution in [0.1, 0.15) is 16.8 Å². The van der Waals surface area contributed by atoms with Crippen LogP contribution >= 0.6 is 11.6 Å². The minimum Gasteiger partial charge on any atom is -0.508 e. The van der Waals surface area contributed by atoms with Crippen LogP contribution in [0.4, 0.5) is 4.39 Å². The summed E-state index contributed by atoms with van der Waals surface area (Å²) >= 11 is 6.09. The van der Waals surface area contributed by atoms with Gasteiger partial charge in [-0.2, -0.15) is 0 Å². The molecule has 0 saturated carbocycles. The molecule has 2 heterocycles. The van der Waals surface area contributed by atoms with Crippen LogP contribution in [0, 0.1) is 5.82 Å². The van der Waals surface area contributed by atoms with Crippen molar-refractivity contribution in [3.05, 3.63) is 70.3 Å². The van der Waals surface area contributed by atoms with Crippen molar-refractivity contribution >= 4 is 11.6 Å². The van der Waals surface area contributed by atoms with Crippen LogP contribution in [-0.4, -0.2) is 38.1 Å². The second kappa shape index (κ2) is 7.05. The number of hydrogen-bond acceptors (Lipinski definition) is 4. The quantitative estimate of drug-likeness (QED) is 0.766. The van der Waals surface area contributed by atoms with Crippen LogP contribution in [0.5, 0.6) is 5.75 Å². The second-order valence-electron chi connectivity index (χ2n) is 6.48. The Morgan fingerprint density at radius 2 is 1.88 bits per heavy atom. The first-order chi connectivity index (χ1) is 12.6. The molecule has 0 unspecified atom stereocenters. The molecule has 26 heavy (non-hydrogen) atoms. The molecule has 4 rings (SSSR count). The molecule has 5 nitrogen and oxygen atoms in total. The van der Waals surface area contributed by atoms with Crippen LogP contribution in [0.2, 0.25) is 5.02 Å². The molecule has 1 aliphatic rings. The smallest absolute Gasteiger partial charge is 0.124 e. The molecule has 2 aromatic carbocycles. The summed E-state index contributed by atoms with van der Waals surface area (Å²) in [6, 6.07) is 9.80. The molecule has 1 N–H and O–H groups in total. The third-order valence-electron chi connectivity index (χ3n) is 4.67. The highest BCUT2D eigenvalue weighted by Crippen LogP contribution is 2.23. The van der Waals surface area contributed by atoms with E-state index >= 15 is 0 Å². The predicted octanol–water partition coefficient (Wildman–Crippen LogP) is 3.37. The van der Waals surface area contributed by atoms with E-state index < -0.39 is 0 Å². The van der Waals surface area contributed by atoms with Crippen molar-refractivity contribution in [1.29, 1.82) is 0 Å². The number of hydrogen-bond donors (Lipinski definition) is 1. The normalized spacial score (nSPS) is 14.8. The Hall–Kier alpha value is -2.44. The monoisotopic (exact) mass is 372 g/mol. The van der Waals surface area contributed by atoms with Crippen molar-refractivity contribution in [3.8, 4) is 11.4 Å². The molecule has 0 amide bonds. The first-order valence-electron chi connectivity index (χ1n) is 8.48. The predicted molar refractivity (Wildman–Crippen MR) is 97.1 cm³/mol. The number of phenols is 1. The summed E-state index contributed by atoms with van der Waals surface area (Å²) in [5, 5.41) is 18.3. The first kappa shape index (κ1) is 17.0. The minimum absolute atomic E-state index is 0.298. The summed E-state index contributed by atoms with van der Waals surface area (Å²) in [5.41, 5.74) is 3.92. The molecule has 1 aromatic heterocycles. The zero-order valence-electron chi connectivity index (χ0n) is 14.1. The van der Waals surface area contributed by atoms with E-state index in [9.17, 15) is 9.50 Å². The van der Waals surface area contributed by atoms with Gasteiger partial charge in [0.15, 0.2) is 0 Å². The number of nitrogens with zero attached hydrogens (tertiary/aromatic N) is 4. The van der Waals surface area contributed by atoms with E-state index in [4.69, 9.17) is 11.6 Å². The third-order valence-corrected chi connectivity index (χ3v) is 4.97. The lowest BCUT2D eigenvalue weighted by Crippen LogP contribution is -2.26. The molecule has 1 aliphatic heterocycles. The van der Waals surface area contributed by atoms with Gasteiger partial charge in [0.1, 0.15) is 11.6 Å². The maximum absolute atomic E-state index is 13.2. The summed E-state index contributed by atoms with van der Waals surface area (Å²) < 4.78 is 14.8. The maximum Gasteiger partial charge on any atom is 0.124 e. The Labute approximate surface area is 155 Å². The van der Waals surface area contributed by atoms with E-state index in [0.717, 1.165) is 31.6 Å². The van der Waals surface area contributed by atoms with Crippen LogP contribution in [-0.2, 0) is 19.4 Å². The standard InChI is InChI=1S/C19H18ClFN4O/c20-18-10-15(21)2-4-19(18)25-12-16(22-23-25)11-24-7-5-13-1-3-17(26)9-14(13)6-8-24/h1-4,9-10,12,26H,5-8,11H2. The van der Waals surface area contributed by atoms with Gasteiger partial charge in [0, 0.05) is 19.6 Å². The van der Waals surface area contributed by atoms with Crippen molar-refractivity contribution in [2.24, 2.45) is 0 Å². The molecule has 7 heteroatoms. The van der Waals surface area contributed by atoms with Gasteiger partial charge in [0.05, 0.1) is 22.6 Å². The van der Waals surface area contributed by atoms with E-state index in [1.807, 2.05) is 18.3 Å². The number of aromatic nitrogens is 3. The summed E-state index contributed by atoms with van der Waals surface area (Å²) in [5.74, 6) is -0.0643. The lowest BCUT2D eigenvalue weighted by molar-refractivity contribution is 0.276. The van der Waals surface area contributed by atoms with Crippen molar-refractivity contribution < 1.29 is 9.50 Å². The molecule has 0 saturated heterocycles. The number of halogens is 2. The van der Waals surface area contributed by atoms with Gasteiger partial charge in [0.2, 0.25) is 0 Å². The molecule has 3 aromatic rings. The highest BCUT2D eigenvalue weighted by molar-refractivity contribution is 6.32. The molecular weight excluding hydrogens is 355 g/mol. The number of rotatable bonds is 3. The van der Waals surface area contributed by atoms with Gasteiger partial charge in [-0.1, -0.05) is 22.9 Å². The second-order valence-corrected chi connectivity index (χ2v) is 6.89. The Balaban J connectivity index is 1.46. The summed E-state index contributed by atoms with van der Waals surface area (Å²) in [7, 11) is 0. The number of fused-ring (bicyclic) bond motifs is 1. The van der Waals surface area contributed by atoms with Crippen molar-refractivity contribution in [1.82, 2.24) is 19.9 Å². The fourth-order valence-electron chi connectivity index (χ4n) is 3.30. The minimum atomic E-state index is -0.380. The summed E-state index contributed by atoms with van der Waals surface area (Å²) in [6.45, 7) is 2.49. The first-order valence-corrected chi connectivity index (χ1v) is 8.86. The zero-order valence-corrected chi connectivity index (χ0v) is 14.8. The van der Waals surface area contributed by atoms with Gasteiger partial charge < -0.3 is 5.11 Å². The van der Waals surface area contributed by atoms with Crippen LogP contribution in [0.25, 0.3) is 5.69 Å². The molecule has 0 fully saturated rings. The Kier molecular flexibility index (Phi) is 4.61. The van der Waals surface area contributed by atoms with Gasteiger partial charge in [-0.15, -0.1) is 5.10 Å². The van der Waals surface area contributed by atoms with E-state index in [1.165, 1.54) is 23.3 Å². The molecule has 0 spiro atoms. The van der Waals surface area contributed by atoms with E-state index in [0.29, 0.717) is 23.0 Å². The topological polar surface area (TPSA) is 54.2 Å². The van der Waals surface area contributed by atoms with Gasteiger partial charge in [-0.25, -0.2) is 9.07 Å². The van der Waals surface area contributed by atoms with Crippen molar-refractivity contribution in [3.63, 3.8) is 0 Å². The van der Waals surface area contributed by atoms with Gasteiger partial charge in [-0.3, -0.25) is 4.90 Å². The lowest BCUT2D eigenvalue weighted by Gasteiger charge is -2.17. The average Bonchev–Trinajstić information content (AvgIpc) is 2.97. The molecule has 0 atom stereocenters. The maximum atomic E-state index is 13.2. The van der Waals surface area contributed by atoms with Crippen LogP contribution < -0.4 is 0 Å². The third kappa shape index (κ3) is 3.57. The SMILES string of the molecule is Oc1ccc2c(c1)CCN(Cc1cn(-c3ccc(F)cc3Cl)nn1)CC2. The molecule has 0 bridgehead atoms. The van der Waals surface area contributed by atoms with E-state index in [-0.39, 0.29) is 5.82 Å². The van der Waals surface area contributed by atoms with Gasteiger partial charge >= 0.3 is 0 Å². The van der Waals surface area contributed by atoms with Crippen molar-refractivity contribution in [2.75, 3.05) is 13.1 Å². The Morgan fingerprint density at radius 3 is 2.69 bits per heavy atom. The fraction of sp³-hybridized carbons (Fsp3) is 0.263. The highest BCUT2D eigenvalue weighted by Gasteiger charge is 2.16. The molecule has 134 valence electrons. The number of phenolic OH excluding ortho intramolecular Hbond substituents is 1.